The van der Waals surface area contributed by atoms with E-state index in [4.69, 9.17) is 11.6 Å². The molecule has 0 saturated heterocycles. The summed E-state index contributed by atoms with van der Waals surface area (Å²) < 4.78 is 1.85. The Labute approximate surface area is 107 Å². The number of hydrogen-bond donors (Lipinski definition) is 2. The van der Waals surface area contributed by atoms with Crippen LogP contribution >= 0.6 is 11.6 Å². The van der Waals surface area contributed by atoms with Gasteiger partial charge in [-0.05, 0) is 31.7 Å². The highest BCUT2D eigenvalue weighted by Gasteiger charge is 2.26. The zero-order valence-corrected chi connectivity index (χ0v) is 11.2. The van der Waals surface area contributed by atoms with Crippen LogP contribution in [0.15, 0.2) is 0 Å². The highest BCUT2D eigenvalue weighted by molar-refractivity contribution is 6.31. The second-order valence-corrected chi connectivity index (χ2v) is 5.18. The monoisotopic (exact) mass is 257 g/mol. The van der Waals surface area contributed by atoms with E-state index in [-0.39, 0.29) is 6.10 Å². The van der Waals surface area contributed by atoms with E-state index in [2.05, 4.69) is 17.3 Å². The molecule has 2 N–H and O–H groups in total. The number of rotatable bonds is 5. The maximum absolute atomic E-state index is 9.20. The molecule has 17 heavy (non-hydrogen) atoms. The molecule has 0 unspecified atom stereocenters. The highest BCUT2D eigenvalue weighted by Crippen LogP contribution is 2.26. The van der Waals surface area contributed by atoms with Crippen molar-refractivity contribution in [3.63, 3.8) is 0 Å². The normalized spacial score (nSPS) is 23.8. The molecule has 0 aliphatic heterocycles. The van der Waals surface area contributed by atoms with Gasteiger partial charge in [-0.25, -0.2) is 0 Å². The van der Waals surface area contributed by atoms with Crippen LogP contribution in [-0.4, -0.2) is 27.5 Å². The fourth-order valence-corrected chi connectivity index (χ4v) is 2.63. The van der Waals surface area contributed by atoms with Gasteiger partial charge in [0.25, 0.3) is 0 Å². The molecule has 1 heterocycles. The van der Waals surface area contributed by atoms with E-state index < -0.39 is 0 Å². The SMILES string of the molecule is CCc1nn(C)c(CNCC2CC(O)C2)c1Cl. The van der Waals surface area contributed by atoms with Crippen LogP contribution in [0.2, 0.25) is 5.02 Å². The van der Waals surface area contributed by atoms with Gasteiger partial charge in [0.1, 0.15) is 0 Å². The Balaban J connectivity index is 1.84. The highest BCUT2D eigenvalue weighted by atomic mass is 35.5. The molecule has 1 aliphatic rings. The van der Waals surface area contributed by atoms with Gasteiger partial charge in [-0.3, -0.25) is 4.68 Å². The Morgan fingerprint density at radius 2 is 2.24 bits per heavy atom. The fourth-order valence-electron chi connectivity index (χ4n) is 2.27. The Hall–Kier alpha value is -0.580. The molecule has 1 fully saturated rings. The third-order valence-corrected chi connectivity index (χ3v) is 3.88. The molecule has 4 nitrogen and oxygen atoms in total. The summed E-state index contributed by atoms with van der Waals surface area (Å²) in [6, 6.07) is 0. The van der Waals surface area contributed by atoms with Crippen LogP contribution in [0.3, 0.4) is 0 Å². The van der Waals surface area contributed by atoms with Gasteiger partial charge in [0.15, 0.2) is 0 Å². The third kappa shape index (κ3) is 2.81. The lowest BCUT2D eigenvalue weighted by atomic mass is 9.82. The van der Waals surface area contributed by atoms with Gasteiger partial charge in [0.2, 0.25) is 0 Å². The molecule has 1 aliphatic carbocycles. The van der Waals surface area contributed by atoms with Gasteiger partial charge in [-0.1, -0.05) is 18.5 Å². The summed E-state index contributed by atoms with van der Waals surface area (Å²) in [5.74, 6) is 0.614. The molecule has 1 aromatic rings. The van der Waals surface area contributed by atoms with Gasteiger partial charge in [-0.15, -0.1) is 0 Å². The largest absolute Gasteiger partial charge is 0.393 e. The summed E-state index contributed by atoms with van der Waals surface area (Å²) in [4.78, 5) is 0. The Morgan fingerprint density at radius 1 is 1.53 bits per heavy atom. The molecule has 5 heteroatoms. The molecular weight excluding hydrogens is 238 g/mol. The third-order valence-electron chi connectivity index (χ3n) is 3.44. The number of aryl methyl sites for hydroxylation is 2. The first kappa shape index (κ1) is 12.9. The minimum atomic E-state index is -0.0752. The lowest BCUT2D eigenvalue weighted by Gasteiger charge is -2.31. The zero-order valence-electron chi connectivity index (χ0n) is 10.4. The van der Waals surface area contributed by atoms with Crippen LogP contribution < -0.4 is 5.32 Å². The van der Waals surface area contributed by atoms with E-state index in [1.54, 1.807) is 0 Å². The van der Waals surface area contributed by atoms with E-state index in [0.29, 0.717) is 5.92 Å². The molecule has 1 aromatic heterocycles. The average Bonchev–Trinajstić information content (AvgIpc) is 2.53. The molecule has 0 atom stereocenters. The van der Waals surface area contributed by atoms with E-state index in [9.17, 15) is 5.11 Å². The number of aliphatic hydroxyl groups is 1. The topological polar surface area (TPSA) is 50.1 Å². The Bertz CT molecular complexity index is 385. The van der Waals surface area contributed by atoms with Gasteiger partial charge >= 0.3 is 0 Å². The van der Waals surface area contributed by atoms with E-state index in [0.717, 1.165) is 48.8 Å². The van der Waals surface area contributed by atoms with Crippen LogP contribution in [0, 0.1) is 5.92 Å². The molecule has 0 amide bonds. The Morgan fingerprint density at radius 3 is 2.76 bits per heavy atom. The van der Waals surface area contributed by atoms with Crippen LogP contribution in [0.5, 0.6) is 0 Å². The summed E-state index contributed by atoms with van der Waals surface area (Å²) >= 11 is 6.25. The van der Waals surface area contributed by atoms with E-state index in [1.165, 1.54) is 0 Å². The summed E-state index contributed by atoms with van der Waals surface area (Å²) in [5.41, 5.74) is 2.01. The molecule has 0 radical (unpaired) electrons. The van der Waals surface area contributed by atoms with Gasteiger partial charge in [0, 0.05) is 13.6 Å². The van der Waals surface area contributed by atoms with E-state index in [1.807, 2.05) is 11.7 Å². The number of hydrogen-bond acceptors (Lipinski definition) is 3. The Kier molecular flexibility index (Phi) is 4.07. The van der Waals surface area contributed by atoms with Gasteiger partial charge in [-0.2, -0.15) is 5.10 Å². The van der Waals surface area contributed by atoms with Crippen LogP contribution in [0.1, 0.15) is 31.2 Å². The number of nitrogens with one attached hydrogen (secondary N) is 1. The number of aliphatic hydroxyl groups excluding tert-OH is 1. The van der Waals surface area contributed by atoms with Gasteiger partial charge in [0.05, 0.1) is 22.5 Å². The lowest BCUT2D eigenvalue weighted by molar-refractivity contribution is 0.0429. The molecule has 0 spiro atoms. The first-order chi connectivity index (χ1) is 8.11. The summed E-state index contributed by atoms with van der Waals surface area (Å²) in [6.45, 7) is 3.75. The molecule has 96 valence electrons. The summed E-state index contributed by atoms with van der Waals surface area (Å²) in [6.07, 6.45) is 2.63. The standard InChI is InChI=1S/C12H20ClN3O/c1-3-10-12(13)11(16(2)15-10)7-14-6-8-4-9(17)5-8/h8-9,14,17H,3-7H2,1-2H3. The van der Waals surface area contributed by atoms with Crippen molar-refractivity contribution >= 4 is 11.6 Å². The number of halogens is 1. The minimum Gasteiger partial charge on any atom is -0.393 e. The predicted octanol–water partition coefficient (Wildman–Crippen LogP) is 1.50. The van der Waals surface area contributed by atoms with Gasteiger partial charge < -0.3 is 10.4 Å². The van der Waals surface area contributed by atoms with Crippen molar-refractivity contribution in [1.29, 1.82) is 0 Å². The predicted molar refractivity (Wildman–Crippen MR) is 68.0 cm³/mol. The van der Waals surface area contributed by atoms with E-state index >= 15 is 0 Å². The molecule has 0 bridgehead atoms. The number of nitrogens with zero attached hydrogens (tertiary/aromatic N) is 2. The van der Waals surface area contributed by atoms with Crippen molar-refractivity contribution in [3.8, 4) is 0 Å². The first-order valence-electron chi connectivity index (χ1n) is 6.20. The second-order valence-electron chi connectivity index (χ2n) is 4.81. The number of aromatic nitrogens is 2. The summed E-state index contributed by atoms with van der Waals surface area (Å²) in [5, 5.41) is 17.7. The second kappa shape index (κ2) is 5.38. The minimum absolute atomic E-state index is 0.0752. The maximum Gasteiger partial charge on any atom is 0.0863 e. The smallest absolute Gasteiger partial charge is 0.0863 e. The first-order valence-corrected chi connectivity index (χ1v) is 6.58. The van der Waals surface area contributed by atoms with Crippen molar-refractivity contribution < 1.29 is 5.11 Å². The lowest BCUT2D eigenvalue weighted by Crippen LogP contribution is -2.36. The van der Waals surface area contributed by atoms with Crippen molar-refractivity contribution in [2.75, 3.05) is 6.54 Å². The van der Waals surface area contributed by atoms with Crippen LogP contribution in [0.4, 0.5) is 0 Å². The van der Waals surface area contributed by atoms with Crippen LogP contribution in [0.25, 0.3) is 0 Å². The quantitative estimate of drug-likeness (QED) is 0.841. The zero-order chi connectivity index (χ0) is 12.4. The molecule has 1 saturated carbocycles. The van der Waals surface area contributed by atoms with Crippen molar-refractivity contribution in [2.24, 2.45) is 13.0 Å². The fraction of sp³-hybridized carbons (Fsp3) is 0.750. The average molecular weight is 258 g/mol. The van der Waals surface area contributed by atoms with Crippen molar-refractivity contribution in [1.82, 2.24) is 15.1 Å². The van der Waals surface area contributed by atoms with Crippen LogP contribution in [-0.2, 0) is 20.0 Å². The molecule has 2 rings (SSSR count). The molecule has 0 aromatic carbocycles. The maximum atomic E-state index is 9.20. The van der Waals surface area contributed by atoms with Crippen molar-refractivity contribution in [3.05, 3.63) is 16.4 Å². The molecular formula is C12H20ClN3O. The van der Waals surface area contributed by atoms with Crippen molar-refractivity contribution in [2.45, 2.75) is 38.8 Å². The summed E-state index contributed by atoms with van der Waals surface area (Å²) in [7, 11) is 1.93.